The Morgan fingerprint density at radius 1 is 1.38 bits per heavy atom. The number of guanidine groups is 1. The largest absolute Gasteiger partial charge is 0.469 e. The van der Waals surface area contributed by atoms with Crippen molar-refractivity contribution >= 4 is 35.9 Å². The van der Waals surface area contributed by atoms with Gasteiger partial charge in [-0.2, -0.15) is 0 Å². The van der Waals surface area contributed by atoms with Gasteiger partial charge in [0.1, 0.15) is 0 Å². The van der Waals surface area contributed by atoms with Crippen molar-refractivity contribution < 1.29 is 9.53 Å². The van der Waals surface area contributed by atoms with Crippen molar-refractivity contribution in [1.29, 1.82) is 0 Å². The second-order valence-corrected chi connectivity index (χ2v) is 5.98. The standard InChI is InChI=1S/C15H27N3O2.HI/c1-4-16-15(17-8-7-12-5-6-12)18-9-11(2)13(10-18)14(19)20-3;/h11-13H,4-10H2,1-3H3,(H,16,17);1H. The lowest BCUT2D eigenvalue weighted by atomic mass is 9.99. The van der Waals surface area contributed by atoms with E-state index in [1.54, 1.807) is 0 Å². The third-order valence-corrected chi connectivity index (χ3v) is 4.25. The topological polar surface area (TPSA) is 53.9 Å². The van der Waals surface area contributed by atoms with Crippen LogP contribution in [0.2, 0.25) is 0 Å². The summed E-state index contributed by atoms with van der Waals surface area (Å²) in [6.45, 7) is 7.51. The van der Waals surface area contributed by atoms with Gasteiger partial charge in [0, 0.05) is 26.2 Å². The Labute approximate surface area is 144 Å². The van der Waals surface area contributed by atoms with E-state index in [0.717, 1.165) is 31.5 Å². The Bertz CT molecular complexity index is 372. The molecule has 1 heterocycles. The molecular formula is C15H28IN3O2. The molecule has 2 unspecified atom stereocenters. The van der Waals surface area contributed by atoms with Gasteiger partial charge in [-0.1, -0.05) is 19.8 Å². The summed E-state index contributed by atoms with van der Waals surface area (Å²) in [5, 5.41) is 3.34. The number of methoxy groups -OCH3 is 1. The van der Waals surface area contributed by atoms with E-state index in [9.17, 15) is 4.79 Å². The number of hydrogen-bond acceptors (Lipinski definition) is 3. The van der Waals surface area contributed by atoms with Gasteiger partial charge in [-0.3, -0.25) is 9.79 Å². The molecule has 1 aliphatic heterocycles. The number of carbonyl (C=O) groups is 1. The van der Waals surface area contributed by atoms with Gasteiger partial charge in [0.05, 0.1) is 13.0 Å². The van der Waals surface area contributed by atoms with E-state index in [1.807, 2.05) is 0 Å². The maximum absolute atomic E-state index is 11.8. The van der Waals surface area contributed by atoms with Crippen LogP contribution in [0.15, 0.2) is 4.99 Å². The SMILES string of the molecule is CCNC(=NCCC1CC1)N1CC(C)C(C(=O)OC)C1.I. The van der Waals surface area contributed by atoms with Crippen LogP contribution in [-0.2, 0) is 9.53 Å². The Morgan fingerprint density at radius 2 is 2.10 bits per heavy atom. The molecule has 0 aromatic carbocycles. The Balaban J connectivity index is 0.00000220. The molecule has 2 aliphatic rings. The Kier molecular flexibility index (Phi) is 7.76. The van der Waals surface area contributed by atoms with E-state index >= 15 is 0 Å². The van der Waals surface area contributed by atoms with Gasteiger partial charge in [-0.25, -0.2) is 0 Å². The van der Waals surface area contributed by atoms with Gasteiger partial charge < -0.3 is 15.0 Å². The number of ether oxygens (including phenoxy) is 1. The zero-order valence-corrected chi connectivity index (χ0v) is 15.6. The highest BCUT2D eigenvalue weighted by Gasteiger charge is 2.36. The van der Waals surface area contributed by atoms with Crippen molar-refractivity contribution in [2.75, 3.05) is 33.3 Å². The van der Waals surface area contributed by atoms with E-state index in [1.165, 1.54) is 26.4 Å². The third-order valence-electron chi connectivity index (χ3n) is 4.25. The summed E-state index contributed by atoms with van der Waals surface area (Å²) in [4.78, 5) is 18.7. The van der Waals surface area contributed by atoms with Crippen LogP contribution < -0.4 is 5.32 Å². The lowest BCUT2D eigenvalue weighted by molar-refractivity contribution is -0.145. The maximum atomic E-state index is 11.8. The van der Waals surface area contributed by atoms with Crippen LogP contribution in [-0.4, -0.2) is 50.1 Å². The predicted octanol–water partition coefficient (Wildman–Crippen LogP) is 2.11. The maximum Gasteiger partial charge on any atom is 0.310 e. The summed E-state index contributed by atoms with van der Waals surface area (Å²) >= 11 is 0. The zero-order valence-electron chi connectivity index (χ0n) is 13.3. The lowest BCUT2D eigenvalue weighted by Crippen LogP contribution is -2.40. The molecule has 0 amide bonds. The minimum atomic E-state index is -0.103. The molecule has 1 saturated heterocycles. The molecule has 1 N–H and O–H groups in total. The van der Waals surface area contributed by atoms with Crippen LogP contribution >= 0.6 is 24.0 Å². The first-order valence-corrected chi connectivity index (χ1v) is 7.76. The summed E-state index contributed by atoms with van der Waals surface area (Å²) in [7, 11) is 1.46. The van der Waals surface area contributed by atoms with E-state index in [2.05, 4.69) is 24.1 Å². The molecule has 122 valence electrons. The highest BCUT2D eigenvalue weighted by Crippen LogP contribution is 2.32. The van der Waals surface area contributed by atoms with Gasteiger partial charge in [-0.15, -0.1) is 24.0 Å². The fourth-order valence-electron chi connectivity index (χ4n) is 2.78. The van der Waals surface area contributed by atoms with Crippen molar-refractivity contribution in [3.63, 3.8) is 0 Å². The number of rotatable bonds is 5. The van der Waals surface area contributed by atoms with Crippen molar-refractivity contribution in [1.82, 2.24) is 10.2 Å². The molecule has 5 nitrogen and oxygen atoms in total. The van der Waals surface area contributed by atoms with Crippen LogP contribution in [0.25, 0.3) is 0 Å². The van der Waals surface area contributed by atoms with Crippen molar-refractivity contribution in [2.24, 2.45) is 22.7 Å². The number of hydrogen-bond donors (Lipinski definition) is 1. The fourth-order valence-corrected chi connectivity index (χ4v) is 2.78. The molecule has 21 heavy (non-hydrogen) atoms. The van der Waals surface area contributed by atoms with Gasteiger partial charge in [0.2, 0.25) is 0 Å². The summed E-state index contributed by atoms with van der Waals surface area (Å²) in [5.41, 5.74) is 0. The summed E-state index contributed by atoms with van der Waals surface area (Å²) in [6, 6.07) is 0. The van der Waals surface area contributed by atoms with E-state index < -0.39 is 0 Å². The normalized spacial score (nSPS) is 25.5. The average molecular weight is 409 g/mol. The van der Waals surface area contributed by atoms with Crippen molar-refractivity contribution in [3.05, 3.63) is 0 Å². The highest BCUT2D eigenvalue weighted by molar-refractivity contribution is 14.0. The van der Waals surface area contributed by atoms with E-state index in [4.69, 9.17) is 9.73 Å². The highest BCUT2D eigenvalue weighted by atomic mass is 127. The molecule has 0 spiro atoms. The van der Waals surface area contributed by atoms with Crippen LogP contribution in [0.1, 0.15) is 33.1 Å². The second kappa shape index (κ2) is 8.80. The van der Waals surface area contributed by atoms with E-state index in [-0.39, 0.29) is 35.9 Å². The van der Waals surface area contributed by atoms with Crippen LogP contribution in [0.3, 0.4) is 0 Å². The summed E-state index contributed by atoms with van der Waals surface area (Å²) in [5.74, 6) is 2.03. The van der Waals surface area contributed by atoms with Crippen molar-refractivity contribution in [3.8, 4) is 0 Å². The number of likely N-dealkylation sites (tertiary alicyclic amines) is 1. The molecule has 1 aliphatic carbocycles. The molecule has 2 atom stereocenters. The third kappa shape index (κ3) is 5.30. The molecule has 0 aromatic heterocycles. The number of esters is 1. The smallest absolute Gasteiger partial charge is 0.310 e. The number of halogens is 1. The van der Waals surface area contributed by atoms with Crippen LogP contribution in [0, 0.1) is 17.8 Å². The molecular weight excluding hydrogens is 381 g/mol. The monoisotopic (exact) mass is 409 g/mol. The number of nitrogens with zero attached hydrogens (tertiary/aromatic N) is 2. The van der Waals surface area contributed by atoms with Gasteiger partial charge in [0.25, 0.3) is 0 Å². The number of nitrogens with one attached hydrogen (secondary N) is 1. The summed E-state index contributed by atoms with van der Waals surface area (Å²) < 4.78 is 4.89. The number of carbonyl (C=O) groups excluding carboxylic acids is 1. The molecule has 1 saturated carbocycles. The van der Waals surface area contributed by atoms with E-state index in [0.29, 0.717) is 12.5 Å². The summed E-state index contributed by atoms with van der Waals surface area (Å²) in [6.07, 6.45) is 3.94. The first-order valence-electron chi connectivity index (χ1n) is 7.76. The minimum Gasteiger partial charge on any atom is -0.469 e. The van der Waals surface area contributed by atoms with Crippen LogP contribution in [0.5, 0.6) is 0 Å². The lowest BCUT2D eigenvalue weighted by Gasteiger charge is -2.21. The molecule has 2 rings (SSSR count). The zero-order chi connectivity index (χ0) is 14.5. The fraction of sp³-hybridized carbons (Fsp3) is 0.867. The molecule has 6 heteroatoms. The number of aliphatic imine (C=N–C) groups is 1. The van der Waals surface area contributed by atoms with Gasteiger partial charge >= 0.3 is 5.97 Å². The van der Waals surface area contributed by atoms with Crippen LogP contribution in [0.4, 0.5) is 0 Å². The molecule has 0 radical (unpaired) electrons. The molecule has 2 fully saturated rings. The van der Waals surface area contributed by atoms with Gasteiger partial charge in [0.15, 0.2) is 5.96 Å². The Morgan fingerprint density at radius 3 is 2.67 bits per heavy atom. The Hall–Kier alpha value is -0.530. The first kappa shape index (κ1) is 18.5. The average Bonchev–Trinajstić information content (AvgIpc) is 3.18. The predicted molar refractivity (Wildman–Crippen MR) is 95.0 cm³/mol. The minimum absolute atomic E-state index is 0. The second-order valence-electron chi connectivity index (χ2n) is 5.98. The molecule has 0 aromatic rings. The first-order chi connectivity index (χ1) is 9.65. The molecule has 0 bridgehead atoms. The van der Waals surface area contributed by atoms with Gasteiger partial charge in [-0.05, 0) is 25.2 Å². The van der Waals surface area contributed by atoms with Crippen molar-refractivity contribution in [2.45, 2.75) is 33.1 Å². The quantitative estimate of drug-likeness (QED) is 0.327.